The molecule has 11 nitrogen and oxygen atoms in total. The van der Waals surface area contributed by atoms with Crippen molar-refractivity contribution in [1.82, 2.24) is 5.32 Å². The average molecular weight is 774 g/mol. The first-order valence-electron chi connectivity index (χ1n) is 20.8. The van der Waals surface area contributed by atoms with Crippen LogP contribution in [0.5, 0.6) is 0 Å². The van der Waals surface area contributed by atoms with Crippen molar-refractivity contribution in [3.8, 4) is 0 Å². The number of ketones is 1. The van der Waals surface area contributed by atoms with E-state index >= 15 is 0 Å². The maximum absolute atomic E-state index is 12.9. The number of aliphatic hydroxyl groups excluding tert-OH is 3. The molecule has 0 spiro atoms. The van der Waals surface area contributed by atoms with Crippen LogP contribution in [-0.2, 0) is 23.2 Å². The predicted molar refractivity (Wildman–Crippen MR) is 213 cm³/mol. The molecule has 1 aliphatic carbocycles. The molecule has 0 radical (unpaired) electrons. The van der Waals surface area contributed by atoms with Gasteiger partial charge in [0.2, 0.25) is 5.91 Å². The summed E-state index contributed by atoms with van der Waals surface area (Å²) in [6, 6.07) is -0.930. The number of nitrogens with zero attached hydrogens (tertiary/aromatic N) is 1. The van der Waals surface area contributed by atoms with E-state index in [1.165, 1.54) is 44.9 Å². The fourth-order valence-corrected chi connectivity index (χ4v) is 7.39. The van der Waals surface area contributed by atoms with Crippen LogP contribution in [0, 0.1) is 11.8 Å². The topological polar surface area (TPSA) is 163 Å². The normalized spacial score (nSPS) is 21.0. The van der Waals surface area contributed by atoms with E-state index in [4.69, 9.17) is 9.05 Å². The highest BCUT2D eigenvalue weighted by molar-refractivity contribution is 7.47. The van der Waals surface area contributed by atoms with Crippen LogP contribution in [0.25, 0.3) is 0 Å². The average Bonchev–Trinajstić information content (AvgIpc) is 3.36. The third-order valence-corrected chi connectivity index (χ3v) is 11.1. The summed E-state index contributed by atoms with van der Waals surface area (Å²) in [5.41, 5.74) is 0. The van der Waals surface area contributed by atoms with E-state index in [0.29, 0.717) is 30.3 Å². The molecule has 0 aromatic carbocycles. The lowest BCUT2D eigenvalue weighted by Crippen LogP contribution is -2.45. The molecule has 0 heterocycles. The Morgan fingerprint density at radius 2 is 1.49 bits per heavy atom. The lowest BCUT2D eigenvalue weighted by Gasteiger charge is -2.25. The van der Waals surface area contributed by atoms with Crippen molar-refractivity contribution < 1.29 is 47.9 Å². The minimum absolute atomic E-state index is 0.0171. The Balaban J connectivity index is 2.58. The number of unbranched alkanes of at least 4 members (excludes halogenated alkanes) is 14. The highest BCUT2D eigenvalue weighted by Gasteiger charge is 2.39. The zero-order valence-corrected chi connectivity index (χ0v) is 34.9. The lowest BCUT2D eigenvalue weighted by molar-refractivity contribution is -0.870. The Hall–Kier alpha value is -1.43. The molecule has 0 aromatic rings. The Morgan fingerprint density at radius 3 is 2.15 bits per heavy atom. The maximum atomic E-state index is 12.9. The molecular weight excluding hydrogens is 695 g/mol. The Kier molecular flexibility index (Phi) is 27.0. The van der Waals surface area contributed by atoms with E-state index in [-0.39, 0.29) is 49.6 Å². The van der Waals surface area contributed by atoms with E-state index in [1.54, 1.807) is 18.2 Å². The molecule has 0 aliphatic heterocycles. The van der Waals surface area contributed by atoms with Gasteiger partial charge in [-0.1, -0.05) is 128 Å². The predicted octanol–water partition coefficient (Wildman–Crippen LogP) is 7.55. The molecular formula is C41H78N2O9P+. The summed E-state index contributed by atoms with van der Waals surface area (Å²) >= 11 is 0. The zero-order chi connectivity index (χ0) is 39.5. The Morgan fingerprint density at radius 1 is 0.887 bits per heavy atom. The molecule has 310 valence electrons. The van der Waals surface area contributed by atoms with Crippen LogP contribution >= 0.6 is 7.82 Å². The summed E-state index contributed by atoms with van der Waals surface area (Å²) in [7, 11) is 1.42. The summed E-state index contributed by atoms with van der Waals surface area (Å²) in [6.07, 6.45) is 24.3. The quantitative estimate of drug-likeness (QED) is 0.0196. The molecule has 0 aromatic heterocycles. The molecule has 1 aliphatic rings. The fourth-order valence-electron chi connectivity index (χ4n) is 6.65. The van der Waals surface area contributed by atoms with Crippen LogP contribution in [0.15, 0.2) is 24.3 Å². The number of nitrogens with one attached hydrogen (secondary N) is 1. The van der Waals surface area contributed by atoms with E-state index in [1.807, 2.05) is 27.2 Å². The highest BCUT2D eigenvalue weighted by atomic mass is 31.2. The van der Waals surface area contributed by atoms with Gasteiger partial charge in [0.25, 0.3) is 0 Å². The number of amides is 1. The lowest BCUT2D eigenvalue weighted by atomic mass is 9.88. The first-order chi connectivity index (χ1) is 25.2. The molecule has 12 heteroatoms. The van der Waals surface area contributed by atoms with Gasteiger partial charge in [0.1, 0.15) is 18.9 Å². The number of phosphoric acid groups is 1. The number of carbonyl (C=O) groups is 2. The number of rotatable bonds is 33. The molecule has 0 saturated heterocycles. The monoisotopic (exact) mass is 774 g/mol. The summed E-state index contributed by atoms with van der Waals surface area (Å²) in [4.78, 5) is 35.7. The van der Waals surface area contributed by atoms with E-state index in [0.717, 1.165) is 57.8 Å². The number of likely N-dealkylation sites (N-methyl/N-ethyl adjacent to an activating group) is 1. The van der Waals surface area contributed by atoms with E-state index < -0.39 is 32.2 Å². The van der Waals surface area contributed by atoms with Crippen molar-refractivity contribution in [2.24, 2.45) is 11.8 Å². The van der Waals surface area contributed by atoms with E-state index in [2.05, 4.69) is 19.2 Å². The minimum Gasteiger partial charge on any atom is -0.392 e. The van der Waals surface area contributed by atoms with Gasteiger partial charge in [-0.2, -0.15) is 0 Å². The number of aliphatic hydroxyl groups is 3. The number of quaternary nitrogens is 1. The summed E-state index contributed by atoms with van der Waals surface area (Å²) < 4.78 is 23.5. The first-order valence-corrected chi connectivity index (χ1v) is 22.3. The molecule has 1 rings (SSSR count). The van der Waals surface area contributed by atoms with Crippen molar-refractivity contribution in [1.29, 1.82) is 0 Å². The first kappa shape index (κ1) is 49.6. The van der Waals surface area contributed by atoms with Gasteiger partial charge in [-0.25, -0.2) is 4.57 Å². The standard InChI is InChI=1S/C41H77N2O9P/c1-6-8-10-11-12-13-14-15-16-17-22-26-38(45)37(33-52-53(49,50)51-31-30-43(3,4)5)42-41(48)27-23-19-18-21-25-35-36(40(47)32-39(35)46)29-28-34(44)24-20-9-7-2/h22,26,28-29,34-39,44-46H,6-21,23-25,27,30-33H2,1-5H3,(H-,42,48,49,50)/p+1/b26-22+,29-28+/t34-,35+,36+,37-,38+,39-/m0/s1. The second kappa shape index (κ2) is 28.9. The van der Waals surface area contributed by atoms with Crippen LogP contribution in [-0.4, -0.2) is 102 Å². The minimum atomic E-state index is -4.40. The smallest absolute Gasteiger partial charge is 0.392 e. The Bertz CT molecular complexity index is 1080. The van der Waals surface area contributed by atoms with Gasteiger partial charge in [0.05, 0.1) is 52.1 Å². The highest BCUT2D eigenvalue weighted by Crippen LogP contribution is 2.43. The van der Waals surface area contributed by atoms with Gasteiger partial charge in [-0.3, -0.25) is 18.6 Å². The van der Waals surface area contributed by atoms with Crippen molar-refractivity contribution in [3.63, 3.8) is 0 Å². The van der Waals surface area contributed by atoms with E-state index in [9.17, 15) is 34.4 Å². The summed E-state index contributed by atoms with van der Waals surface area (Å²) in [5.74, 6) is -0.815. The fraction of sp³-hybridized carbons (Fsp3) is 0.854. The van der Waals surface area contributed by atoms with Crippen molar-refractivity contribution >= 4 is 19.5 Å². The van der Waals surface area contributed by atoms with Crippen molar-refractivity contribution in [3.05, 3.63) is 24.3 Å². The second-order valence-corrected chi connectivity index (χ2v) is 17.6. The van der Waals surface area contributed by atoms with Crippen LogP contribution in [0.4, 0.5) is 0 Å². The molecule has 1 fully saturated rings. The van der Waals surface area contributed by atoms with Crippen LogP contribution in [0.3, 0.4) is 0 Å². The van der Waals surface area contributed by atoms with Gasteiger partial charge in [-0.15, -0.1) is 0 Å². The van der Waals surface area contributed by atoms with Crippen molar-refractivity contribution in [2.45, 2.75) is 173 Å². The molecule has 0 bridgehead atoms. The van der Waals surface area contributed by atoms with Gasteiger partial charge >= 0.3 is 7.82 Å². The zero-order valence-electron chi connectivity index (χ0n) is 34.0. The number of Topliss-reactive ketones (excluding diaryl/α,β-unsaturated/α-hetero) is 1. The number of phosphoric ester groups is 1. The largest absolute Gasteiger partial charge is 0.472 e. The summed E-state index contributed by atoms with van der Waals surface area (Å²) in [6.45, 7) is 4.47. The molecule has 1 saturated carbocycles. The van der Waals surface area contributed by atoms with Gasteiger partial charge in [-0.05, 0) is 38.0 Å². The number of allylic oxidation sites excluding steroid dienone is 2. The molecule has 7 atom stereocenters. The van der Waals surface area contributed by atoms with Crippen LogP contribution in [0.2, 0.25) is 0 Å². The summed E-state index contributed by atoms with van der Waals surface area (Å²) in [5, 5.41) is 34.5. The number of carbonyl (C=O) groups excluding carboxylic acids is 2. The van der Waals surface area contributed by atoms with Gasteiger partial charge in [0, 0.05) is 18.8 Å². The molecule has 1 unspecified atom stereocenters. The van der Waals surface area contributed by atoms with Gasteiger partial charge < -0.3 is 30.0 Å². The second-order valence-electron chi connectivity index (χ2n) is 16.1. The number of hydrogen-bond donors (Lipinski definition) is 5. The molecule has 53 heavy (non-hydrogen) atoms. The molecule has 5 N–H and O–H groups in total. The third-order valence-electron chi connectivity index (χ3n) is 10.1. The maximum Gasteiger partial charge on any atom is 0.472 e. The number of hydrogen-bond acceptors (Lipinski definition) is 8. The van der Waals surface area contributed by atoms with Gasteiger partial charge in [0.15, 0.2) is 0 Å². The van der Waals surface area contributed by atoms with Crippen molar-refractivity contribution in [2.75, 3.05) is 40.9 Å². The van der Waals surface area contributed by atoms with Crippen LogP contribution < -0.4 is 5.32 Å². The van der Waals surface area contributed by atoms with Crippen LogP contribution in [0.1, 0.15) is 149 Å². The SMILES string of the molecule is CCCCCCCCCCC/C=C/[C@@H](O)[C@H](COP(=O)(O)OCC[N+](C)(C)C)NC(=O)CCCCCC[C@H]1[C@@H](O)CC(=O)[C@@H]1/C=C/[C@@H](O)CCCCC. The Labute approximate surface area is 322 Å². The molecule has 1 amide bonds. The third kappa shape index (κ3) is 25.4.